The molecule has 0 aromatic heterocycles. The fourth-order valence-corrected chi connectivity index (χ4v) is 3.32. The summed E-state index contributed by atoms with van der Waals surface area (Å²) in [5, 5.41) is 0. The van der Waals surface area contributed by atoms with Gasteiger partial charge in [-0.15, -0.1) is 0 Å². The van der Waals surface area contributed by atoms with Crippen molar-refractivity contribution >= 4 is 5.97 Å². The van der Waals surface area contributed by atoms with Gasteiger partial charge in [-0.2, -0.15) is 0 Å². The van der Waals surface area contributed by atoms with Crippen LogP contribution < -0.4 is 0 Å². The van der Waals surface area contributed by atoms with Gasteiger partial charge in [0.05, 0.1) is 12.7 Å². The molecule has 5 heteroatoms. The Balaban J connectivity index is 1.93. The topological polar surface area (TPSA) is 54.0 Å². The van der Waals surface area contributed by atoms with Crippen LogP contribution in [0.1, 0.15) is 44.7 Å². The van der Waals surface area contributed by atoms with Crippen molar-refractivity contribution in [3.8, 4) is 0 Å². The van der Waals surface area contributed by atoms with E-state index in [9.17, 15) is 4.79 Å². The molecule has 1 aliphatic heterocycles. The van der Waals surface area contributed by atoms with E-state index in [2.05, 4.69) is 6.07 Å². The molecule has 0 spiro atoms. The minimum atomic E-state index is -0.776. The van der Waals surface area contributed by atoms with Crippen molar-refractivity contribution in [3.63, 3.8) is 0 Å². The van der Waals surface area contributed by atoms with Gasteiger partial charge in [0.25, 0.3) is 0 Å². The van der Waals surface area contributed by atoms with Crippen LogP contribution in [0, 0.1) is 0 Å². The van der Waals surface area contributed by atoms with Crippen LogP contribution in [0.3, 0.4) is 0 Å². The number of hydrogen-bond acceptors (Lipinski definition) is 5. The lowest BCUT2D eigenvalue weighted by Crippen LogP contribution is -2.56. The number of hydrogen-bond donors (Lipinski definition) is 0. The second-order valence-electron chi connectivity index (χ2n) is 6.35. The van der Waals surface area contributed by atoms with E-state index in [1.165, 1.54) is 12.5 Å². The van der Waals surface area contributed by atoms with Gasteiger partial charge in [-0.05, 0) is 37.8 Å². The summed E-state index contributed by atoms with van der Waals surface area (Å²) in [5.41, 5.74) is 1.57. The van der Waals surface area contributed by atoms with Crippen LogP contribution in [0.5, 0.6) is 0 Å². The van der Waals surface area contributed by atoms with Gasteiger partial charge in [0.1, 0.15) is 0 Å². The zero-order valence-corrected chi connectivity index (χ0v) is 13.3. The number of rotatable bonds is 3. The van der Waals surface area contributed by atoms with E-state index in [0.29, 0.717) is 6.42 Å². The summed E-state index contributed by atoms with van der Waals surface area (Å²) in [4.78, 5) is 22.4. The van der Waals surface area contributed by atoms with E-state index in [0.717, 1.165) is 18.4 Å². The molecule has 1 aromatic carbocycles. The van der Waals surface area contributed by atoms with Gasteiger partial charge in [-0.3, -0.25) is 4.79 Å². The molecule has 22 heavy (non-hydrogen) atoms. The van der Waals surface area contributed by atoms with Crippen LogP contribution in [-0.4, -0.2) is 24.5 Å². The third-order valence-electron chi connectivity index (χ3n) is 4.27. The van der Waals surface area contributed by atoms with E-state index in [-0.39, 0.29) is 18.7 Å². The zero-order chi connectivity index (χ0) is 15.8. The van der Waals surface area contributed by atoms with Crippen LogP contribution in [0.2, 0.25) is 0 Å². The number of carbonyl (C=O) groups is 1. The van der Waals surface area contributed by atoms with E-state index in [1.54, 1.807) is 0 Å². The zero-order valence-electron chi connectivity index (χ0n) is 13.3. The van der Waals surface area contributed by atoms with Gasteiger partial charge in [0.15, 0.2) is 11.4 Å². The highest BCUT2D eigenvalue weighted by atomic mass is 17.2. The Labute approximate surface area is 130 Å². The molecule has 0 N–H and O–H groups in total. The van der Waals surface area contributed by atoms with E-state index < -0.39 is 11.4 Å². The number of ether oxygens (including phenoxy) is 2. The summed E-state index contributed by atoms with van der Waals surface area (Å²) in [6.07, 6.45) is 2.17. The van der Waals surface area contributed by atoms with Crippen molar-refractivity contribution in [1.82, 2.24) is 0 Å². The molecule has 0 unspecified atom stereocenters. The van der Waals surface area contributed by atoms with Crippen molar-refractivity contribution in [2.75, 3.05) is 6.61 Å². The highest BCUT2D eigenvalue weighted by Crippen LogP contribution is 2.47. The Bertz CT molecular complexity index is 568. The second kappa shape index (κ2) is 5.65. The standard InChI is InChI=1S/C17H22O5/c1-12(18)19-11-10-17-14-7-5-4-6-13(14)8-9-15(17)20-16(2,3)21-22-17/h4-7,15H,8-11H2,1-3H3/t15-,17+/m1/s1. The lowest BCUT2D eigenvalue weighted by atomic mass is 9.75. The SMILES string of the molecule is CC(=O)OCC[C@@]12OOC(C)(C)O[C@@H]1CCc1ccccc12. The average molecular weight is 306 g/mol. The molecule has 1 aliphatic carbocycles. The Morgan fingerprint density at radius 2 is 2.09 bits per heavy atom. The molecular weight excluding hydrogens is 284 g/mol. The summed E-state index contributed by atoms with van der Waals surface area (Å²) in [5.74, 6) is -1.07. The van der Waals surface area contributed by atoms with Gasteiger partial charge in [-0.1, -0.05) is 24.3 Å². The highest BCUT2D eigenvalue weighted by molar-refractivity contribution is 5.65. The molecule has 0 amide bonds. The summed E-state index contributed by atoms with van der Waals surface area (Å²) in [6, 6.07) is 8.15. The monoisotopic (exact) mass is 306 g/mol. The smallest absolute Gasteiger partial charge is 0.302 e. The highest BCUT2D eigenvalue weighted by Gasteiger charge is 2.53. The van der Waals surface area contributed by atoms with Gasteiger partial charge < -0.3 is 9.47 Å². The van der Waals surface area contributed by atoms with Gasteiger partial charge in [-0.25, -0.2) is 9.78 Å². The first-order valence-electron chi connectivity index (χ1n) is 7.69. The van der Waals surface area contributed by atoms with Crippen LogP contribution in [-0.2, 0) is 36.1 Å². The van der Waals surface area contributed by atoms with Gasteiger partial charge in [0.2, 0.25) is 0 Å². The van der Waals surface area contributed by atoms with Crippen LogP contribution >= 0.6 is 0 Å². The summed E-state index contributed by atoms with van der Waals surface area (Å²) < 4.78 is 11.2. The maximum Gasteiger partial charge on any atom is 0.302 e. The maximum atomic E-state index is 11.1. The second-order valence-corrected chi connectivity index (χ2v) is 6.35. The quantitative estimate of drug-likeness (QED) is 0.635. The van der Waals surface area contributed by atoms with Crippen molar-refractivity contribution < 1.29 is 24.0 Å². The predicted molar refractivity (Wildman–Crippen MR) is 78.8 cm³/mol. The van der Waals surface area contributed by atoms with E-state index in [4.69, 9.17) is 19.2 Å². The molecule has 0 radical (unpaired) electrons. The lowest BCUT2D eigenvalue weighted by molar-refractivity contribution is -0.528. The first-order chi connectivity index (χ1) is 10.4. The lowest BCUT2D eigenvalue weighted by Gasteiger charge is -2.50. The molecule has 1 aromatic rings. The Morgan fingerprint density at radius 1 is 1.32 bits per heavy atom. The summed E-state index contributed by atoms with van der Waals surface area (Å²) >= 11 is 0. The van der Waals surface area contributed by atoms with Crippen molar-refractivity contribution in [2.45, 2.75) is 57.5 Å². The van der Waals surface area contributed by atoms with Crippen molar-refractivity contribution in [3.05, 3.63) is 35.4 Å². The number of esters is 1. The fraction of sp³-hybridized carbons (Fsp3) is 0.588. The van der Waals surface area contributed by atoms with Crippen LogP contribution in [0.4, 0.5) is 0 Å². The Kier molecular flexibility index (Phi) is 3.97. The number of benzene rings is 1. The predicted octanol–water partition coefficient (Wildman–Crippen LogP) is 2.86. The van der Waals surface area contributed by atoms with Crippen molar-refractivity contribution in [2.24, 2.45) is 0 Å². The molecule has 0 bridgehead atoms. The third-order valence-corrected chi connectivity index (χ3v) is 4.27. The van der Waals surface area contributed by atoms with Gasteiger partial charge >= 0.3 is 5.97 Å². The van der Waals surface area contributed by atoms with Crippen LogP contribution in [0.15, 0.2) is 24.3 Å². The molecule has 0 saturated carbocycles. The minimum absolute atomic E-state index is 0.123. The Morgan fingerprint density at radius 3 is 2.86 bits per heavy atom. The largest absolute Gasteiger partial charge is 0.466 e. The molecule has 3 rings (SSSR count). The first kappa shape index (κ1) is 15.5. The van der Waals surface area contributed by atoms with Gasteiger partial charge in [0, 0.05) is 13.3 Å². The normalized spacial score (nSPS) is 29.3. The Hall–Kier alpha value is -1.43. The molecule has 1 saturated heterocycles. The number of aryl methyl sites for hydroxylation is 1. The molecule has 120 valence electrons. The molecule has 2 atom stereocenters. The molecule has 5 nitrogen and oxygen atoms in total. The maximum absolute atomic E-state index is 11.1. The first-order valence-corrected chi connectivity index (χ1v) is 7.69. The average Bonchev–Trinajstić information content (AvgIpc) is 2.47. The molecule has 1 fully saturated rings. The number of carbonyl (C=O) groups excluding carboxylic acids is 1. The summed E-state index contributed by atoms with van der Waals surface area (Å²) in [7, 11) is 0. The molecular formula is C17H22O5. The van der Waals surface area contributed by atoms with E-state index >= 15 is 0 Å². The fourth-order valence-electron chi connectivity index (χ4n) is 3.32. The minimum Gasteiger partial charge on any atom is -0.466 e. The third kappa shape index (κ3) is 2.76. The summed E-state index contributed by atoms with van der Waals surface area (Å²) in [6.45, 7) is 5.35. The van der Waals surface area contributed by atoms with E-state index in [1.807, 2.05) is 32.0 Å². The molecule has 1 heterocycles. The van der Waals surface area contributed by atoms with Crippen molar-refractivity contribution in [1.29, 1.82) is 0 Å². The molecule has 2 aliphatic rings. The van der Waals surface area contributed by atoms with Crippen LogP contribution in [0.25, 0.3) is 0 Å². The number of fused-ring (bicyclic) bond motifs is 3.